The van der Waals surface area contributed by atoms with E-state index in [0.29, 0.717) is 43.1 Å². The van der Waals surface area contributed by atoms with Crippen molar-refractivity contribution in [2.45, 2.75) is 37.4 Å². The number of hydrogen-bond acceptors (Lipinski definition) is 4. The summed E-state index contributed by atoms with van der Waals surface area (Å²) in [5.41, 5.74) is 1.37. The molecule has 4 rings (SSSR count). The van der Waals surface area contributed by atoms with Crippen molar-refractivity contribution < 1.29 is 14.4 Å². The average molecular weight is 456 g/mol. The van der Waals surface area contributed by atoms with Crippen LogP contribution in [0.15, 0.2) is 54.6 Å². The summed E-state index contributed by atoms with van der Waals surface area (Å²) in [6, 6.07) is 15.5. The standard InChI is InChI=1S/C23H26ClN5O3/c24-15-5-4-8-17(11-15)27-23(32)28-18-12-20-22(31)25-13-19(29(20)14-18)9-10-21(30)26-16-6-2-1-3-7-16/h1-8,11,18-20H,9-10,12-14H2,(H,25,31)(H,26,30)(H2,27,28,32)/t18-,19+,20-/m0/s1. The molecular weight excluding hydrogens is 430 g/mol. The summed E-state index contributed by atoms with van der Waals surface area (Å²) in [6.07, 6.45) is 1.50. The molecule has 9 heteroatoms. The molecule has 2 saturated heterocycles. The van der Waals surface area contributed by atoms with Crippen LogP contribution >= 0.6 is 11.6 Å². The van der Waals surface area contributed by atoms with E-state index in [-0.39, 0.29) is 36.0 Å². The quantitative estimate of drug-likeness (QED) is 0.537. The Morgan fingerprint density at radius 2 is 1.84 bits per heavy atom. The van der Waals surface area contributed by atoms with Gasteiger partial charge in [-0.2, -0.15) is 0 Å². The van der Waals surface area contributed by atoms with Crippen LogP contribution in [0.1, 0.15) is 19.3 Å². The molecule has 4 amide bonds. The minimum absolute atomic E-state index is 0.0328. The van der Waals surface area contributed by atoms with Crippen LogP contribution in [0.2, 0.25) is 5.02 Å². The highest BCUT2D eigenvalue weighted by Crippen LogP contribution is 2.26. The first-order chi connectivity index (χ1) is 15.5. The number of hydrogen-bond donors (Lipinski definition) is 4. The lowest BCUT2D eigenvalue weighted by Gasteiger charge is -2.37. The number of fused-ring (bicyclic) bond motifs is 1. The zero-order chi connectivity index (χ0) is 22.5. The van der Waals surface area contributed by atoms with Gasteiger partial charge in [-0.15, -0.1) is 0 Å². The first kappa shape index (κ1) is 22.1. The van der Waals surface area contributed by atoms with Crippen LogP contribution in [0, 0.1) is 0 Å². The molecule has 0 radical (unpaired) electrons. The molecule has 32 heavy (non-hydrogen) atoms. The number of carbonyl (C=O) groups excluding carboxylic acids is 3. The molecule has 0 unspecified atom stereocenters. The van der Waals surface area contributed by atoms with Crippen LogP contribution < -0.4 is 21.3 Å². The summed E-state index contributed by atoms with van der Waals surface area (Å²) in [5.74, 6) is -0.0889. The molecule has 0 aromatic heterocycles. The maximum atomic E-state index is 12.4. The first-order valence-corrected chi connectivity index (χ1v) is 11.1. The number of urea groups is 1. The molecule has 2 aromatic rings. The lowest BCUT2D eigenvalue weighted by Crippen LogP contribution is -2.58. The summed E-state index contributed by atoms with van der Waals surface area (Å²) in [7, 11) is 0. The van der Waals surface area contributed by atoms with E-state index >= 15 is 0 Å². The van der Waals surface area contributed by atoms with Crippen molar-refractivity contribution in [3.8, 4) is 0 Å². The van der Waals surface area contributed by atoms with Gasteiger partial charge in [-0.1, -0.05) is 35.9 Å². The number of rotatable bonds is 6. The third-order valence-electron chi connectivity index (χ3n) is 5.80. The molecular formula is C23H26ClN5O3. The summed E-state index contributed by atoms with van der Waals surface area (Å²) < 4.78 is 0. The van der Waals surface area contributed by atoms with Gasteiger partial charge in [0.2, 0.25) is 11.8 Å². The first-order valence-electron chi connectivity index (χ1n) is 10.7. The van der Waals surface area contributed by atoms with E-state index < -0.39 is 0 Å². The van der Waals surface area contributed by atoms with E-state index in [2.05, 4.69) is 26.2 Å². The number of nitrogens with zero attached hydrogens (tertiary/aromatic N) is 1. The second-order valence-corrected chi connectivity index (χ2v) is 8.54. The van der Waals surface area contributed by atoms with E-state index in [9.17, 15) is 14.4 Å². The van der Waals surface area contributed by atoms with Gasteiger partial charge in [-0.3, -0.25) is 14.5 Å². The fourth-order valence-corrected chi connectivity index (χ4v) is 4.50. The van der Waals surface area contributed by atoms with Crippen molar-refractivity contribution in [3.63, 3.8) is 0 Å². The fraction of sp³-hybridized carbons (Fsp3) is 0.348. The molecule has 4 N–H and O–H groups in total. The third-order valence-corrected chi connectivity index (χ3v) is 6.04. The predicted molar refractivity (Wildman–Crippen MR) is 124 cm³/mol. The molecule has 2 aliphatic rings. The van der Waals surface area contributed by atoms with Crippen LogP contribution in [-0.4, -0.2) is 54.0 Å². The van der Waals surface area contributed by atoms with Crippen LogP contribution in [0.5, 0.6) is 0 Å². The van der Waals surface area contributed by atoms with Gasteiger partial charge in [0, 0.05) is 48.0 Å². The average Bonchev–Trinajstić information content (AvgIpc) is 3.18. The fourth-order valence-electron chi connectivity index (χ4n) is 4.31. The highest BCUT2D eigenvalue weighted by Gasteiger charge is 2.43. The Bertz CT molecular complexity index is 987. The topological polar surface area (TPSA) is 103 Å². The number of para-hydroxylation sites is 1. The zero-order valence-electron chi connectivity index (χ0n) is 17.5. The van der Waals surface area contributed by atoms with E-state index in [1.54, 1.807) is 24.3 Å². The van der Waals surface area contributed by atoms with Gasteiger partial charge in [0.15, 0.2) is 0 Å². The van der Waals surface area contributed by atoms with E-state index in [1.165, 1.54) is 0 Å². The van der Waals surface area contributed by atoms with Crippen LogP contribution in [0.25, 0.3) is 0 Å². The van der Waals surface area contributed by atoms with E-state index in [0.717, 1.165) is 5.69 Å². The van der Waals surface area contributed by atoms with Gasteiger partial charge in [0.05, 0.1) is 6.04 Å². The Balaban J connectivity index is 1.30. The van der Waals surface area contributed by atoms with Crippen molar-refractivity contribution in [2.75, 3.05) is 23.7 Å². The highest BCUT2D eigenvalue weighted by molar-refractivity contribution is 6.30. The Hall–Kier alpha value is -3.10. The lowest BCUT2D eigenvalue weighted by atomic mass is 10.0. The minimum Gasteiger partial charge on any atom is -0.353 e. The molecule has 0 saturated carbocycles. The predicted octanol–water partition coefficient (Wildman–Crippen LogP) is 2.82. The van der Waals surface area contributed by atoms with Crippen molar-refractivity contribution in [3.05, 3.63) is 59.6 Å². The molecule has 0 bridgehead atoms. The summed E-state index contributed by atoms with van der Waals surface area (Å²) in [6.45, 7) is 1.06. The zero-order valence-corrected chi connectivity index (χ0v) is 18.3. The Kier molecular flexibility index (Phi) is 6.92. The van der Waals surface area contributed by atoms with Gasteiger partial charge in [0.25, 0.3) is 0 Å². The summed E-state index contributed by atoms with van der Waals surface area (Å²) >= 11 is 5.96. The second kappa shape index (κ2) is 10.0. The van der Waals surface area contributed by atoms with Crippen LogP contribution in [-0.2, 0) is 9.59 Å². The number of piperazine rings is 1. The minimum atomic E-state index is -0.337. The number of halogens is 1. The van der Waals surface area contributed by atoms with E-state index in [1.807, 2.05) is 30.3 Å². The van der Waals surface area contributed by atoms with Gasteiger partial charge in [-0.25, -0.2) is 4.79 Å². The van der Waals surface area contributed by atoms with Crippen molar-refractivity contribution in [2.24, 2.45) is 0 Å². The lowest BCUT2D eigenvalue weighted by molar-refractivity contribution is -0.129. The second-order valence-electron chi connectivity index (χ2n) is 8.11. The number of carbonyl (C=O) groups is 3. The normalized spacial score (nSPS) is 22.5. The largest absolute Gasteiger partial charge is 0.353 e. The molecule has 3 atom stereocenters. The Morgan fingerprint density at radius 1 is 1.06 bits per heavy atom. The Labute approximate surface area is 191 Å². The van der Waals surface area contributed by atoms with Crippen molar-refractivity contribution >= 4 is 40.8 Å². The maximum absolute atomic E-state index is 12.4. The molecule has 2 aliphatic heterocycles. The number of anilines is 2. The van der Waals surface area contributed by atoms with Crippen molar-refractivity contribution in [1.29, 1.82) is 0 Å². The van der Waals surface area contributed by atoms with Gasteiger partial charge >= 0.3 is 6.03 Å². The van der Waals surface area contributed by atoms with Gasteiger partial charge < -0.3 is 21.3 Å². The third kappa shape index (κ3) is 5.57. The molecule has 0 aliphatic carbocycles. The van der Waals surface area contributed by atoms with Crippen molar-refractivity contribution in [1.82, 2.24) is 15.5 Å². The summed E-state index contributed by atoms with van der Waals surface area (Å²) in [5, 5.41) is 12.1. The number of benzene rings is 2. The monoisotopic (exact) mass is 455 g/mol. The molecule has 8 nitrogen and oxygen atoms in total. The molecule has 2 fully saturated rings. The highest BCUT2D eigenvalue weighted by atomic mass is 35.5. The van der Waals surface area contributed by atoms with Crippen LogP contribution in [0.3, 0.4) is 0 Å². The molecule has 2 heterocycles. The van der Waals surface area contributed by atoms with E-state index in [4.69, 9.17) is 11.6 Å². The summed E-state index contributed by atoms with van der Waals surface area (Å²) in [4.78, 5) is 39.2. The van der Waals surface area contributed by atoms with Crippen LogP contribution in [0.4, 0.5) is 16.2 Å². The van der Waals surface area contributed by atoms with Gasteiger partial charge in [0.1, 0.15) is 0 Å². The molecule has 0 spiro atoms. The smallest absolute Gasteiger partial charge is 0.319 e. The molecule has 168 valence electrons. The maximum Gasteiger partial charge on any atom is 0.319 e. The number of nitrogens with one attached hydrogen (secondary N) is 4. The SMILES string of the molecule is O=C(CC[C@@H]1CNC(=O)[C@@H]2C[C@H](NC(=O)Nc3cccc(Cl)c3)CN12)Nc1ccccc1. The Morgan fingerprint density at radius 3 is 2.62 bits per heavy atom. The van der Waals surface area contributed by atoms with Gasteiger partial charge in [-0.05, 0) is 43.2 Å². The molecule has 2 aromatic carbocycles. The number of amides is 4.